The zero-order valence-corrected chi connectivity index (χ0v) is 9.95. The Morgan fingerprint density at radius 2 is 2.19 bits per heavy atom. The van der Waals surface area contributed by atoms with Gasteiger partial charge in [0.25, 0.3) is 0 Å². The summed E-state index contributed by atoms with van der Waals surface area (Å²) in [7, 11) is 0. The van der Waals surface area contributed by atoms with Gasteiger partial charge < -0.3 is 5.11 Å². The molecule has 2 amide bonds. The number of amides is 2. The Balaban J connectivity index is 2.23. The van der Waals surface area contributed by atoms with Gasteiger partial charge in [-0.25, -0.2) is 4.79 Å². The van der Waals surface area contributed by atoms with Gasteiger partial charge in [-0.2, -0.15) is 0 Å². The molecule has 1 aromatic rings. The first-order valence-electron chi connectivity index (χ1n) is 4.90. The molecule has 2 rings (SSSR count). The first-order chi connectivity index (χ1) is 7.58. The van der Waals surface area contributed by atoms with Gasteiger partial charge in [0, 0.05) is 4.47 Å². The number of carbonyl (C=O) groups is 2. The molecular weight excluding hydrogens is 274 g/mol. The van der Waals surface area contributed by atoms with Crippen molar-refractivity contribution in [1.29, 1.82) is 0 Å². The smallest absolute Gasteiger partial charge is 0.411 e. The predicted molar refractivity (Wildman–Crippen MR) is 61.4 cm³/mol. The van der Waals surface area contributed by atoms with Gasteiger partial charge in [0.05, 0.1) is 5.92 Å². The molecule has 0 radical (unpaired) electrons. The van der Waals surface area contributed by atoms with Gasteiger partial charge in [-0.1, -0.05) is 22.0 Å². The maximum atomic E-state index is 11.6. The van der Waals surface area contributed by atoms with E-state index in [1.165, 1.54) is 0 Å². The molecule has 16 heavy (non-hydrogen) atoms. The van der Waals surface area contributed by atoms with E-state index in [4.69, 9.17) is 5.11 Å². The lowest BCUT2D eigenvalue weighted by atomic mass is 10.0. The first kappa shape index (κ1) is 11.1. The number of carboxylic acid groups (broad SMARTS) is 1. The number of fused-ring (bicyclic) bond motifs is 1. The standard InChI is InChI=1S/C11H10BrNO3/c12-7-2-4-8-6(5-7)1-3-9(8)10(14)13-11(15)16/h2,4-5,9H,1,3H2,(H,13,14)(H,15,16)/t9-/m0/s1. The molecule has 0 saturated carbocycles. The van der Waals surface area contributed by atoms with Gasteiger partial charge in [-0.15, -0.1) is 0 Å². The molecule has 0 fully saturated rings. The number of nitrogens with one attached hydrogen (secondary N) is 1. The van der Waals surface area contributed by atoms with E-state index in [1.54, 1.807) is 0 Å². The molecule has 0 aliphatic heterocycles. The van der Waals surface area contributed by atoms with Crippen LogP contribution in [0.1, 0.15) is 23.5 Å². The third-order valence-corrected chi connectivity index (χ3v) is 3.22. The third kappa shape index (κ3) is 2.09. The number of hydrogen-bond donors (Lipinski definition) is 2. The Kier molecular flexibility index (Phi) is 2.96. The van der Waals surface area contributed by atoms with Crippen LogP contribution in [0.15, 0.2) is 22.7 Å². The van der Waals surface area contributed by atoms with Crippen LogP contribution in [0.2, 0.25) is 0 Å². The van der Waals surface area contributed by atoms with Crippen LogP contribution in [-0.2, 0) is 11.2 Å². The van der Waals surface area contributed by atoms with Gasteiger partial charge in [0.1, 0.15) is 0 Å². The molecule has 84 valence electrons. The van der Waals surface area contributed by atoms with Gasteiger partial charge >= 0.3 is 6.09 Å². The number of halogens is 1. The highest BCUT2D eigenvalue weighted by Gasteiger charge is 2.29. The quantitative estimate of drug-likeness (QED) is 0.831. The lowest BCUT2D eigenvalue weighted by Gasteiger charge is -2.09. The molecule has 2 N–H and O–H groups in total. The zero-order valence-electron chi connectivity index (χ0n) is 8.37. The minimum atomic E-state index is -1.30. The molecule has 0 aromatic heterocycles. The highest BCUT2D eigenvalue weighted by molar-refractivity contribution is 9.10. The normalized spacial score (nSPS) is 17.9. The van der Waals surface area contributed by atoms with Crippen molar-refractivity contribution in [3.05, 3.63) is 33.8 Å². The maximum absolute atomic E-state index is 11.6. The first-order valence-corrected chi connectivity index (χ1v) is 5.69. The molecule has 1 aliphatic rings. The van der Waals surface area contributed by atoms with Crippen LogP contribution in [-0.4, -0.2) is 17.1 Å². The SMILES string of the molecule is O=C(O)NC(=O)[C@H]1CCc2cc(Br)ccc21. The molecule has 4 nitrogen and oxygen atoms in total. The molecule has 0 heterocycles. The van der Waals surface area contributed by atoms with Crippen LogP contribution in [0.4, 0.5) is 4.79 Å². The fraction of sp³-hybridized carbons (Fsp3) is 0.273. The minimum Gasteiger partial charge on any atom is -0.465 e. The molecule has 0 saturated heterocycles. The number of hydrogen-bond acceptors (Lipinski definition) is 2. The highest BCUT2D eigenvalue weighted by Crippen LogP contribution is 2.34. The summed E-state index contributed by atoms with van der Waals surface area (Å²) in [6.45, 7) is 0. The van der Waals surface area contributed by atoms with Crippen molar-refractivity contribution in [2.45, 2.75) is 18.8 Å². The van der Waals surface area contributed by atoms with E-state index in [2.05, 4.69) is 15.9 Å². The zero-order chi connectivity index (χ0) is 11.7. The monoisotopic (exact) mass is 283 g/mol. The summed E-state index contributed by atoms with van der Waals surface area (Å²) in [4.78, 5) is 22.0. The van der Waals surface area contributed by atoms with E-state index in [0.29, 0.717) is 6.42 Å². The summed E-state index contributed by atoms with van der Waals surface area (Å²) in [6, 6.07) is 5.72. The molecule has 1 aromatic carbocycles. The summed E-state index contributed by atoms with van der Waals surface area (Å²) >= 11 is 3.37. The molecular formula is C11H10BrNO3. The molecule has 0 bridgehead atoms. The van der Waals surface area contributed by atoms with Crippen molar-refractivity contribution in [1.82, 2.24) is 5.32 Å². The van der Waals surface area contributed by atoms with Crippen molar-refractivity contribution in [2.24, 2.45) is 0 Å². The van der Waals surface area contributed by atoms with Crippen LogP contribution >= 0.6 is 15.9 Å². The molecule has 1 atom stereocenters. The second kappa shape index (κ2) is 4.25. The maximum Gasteiger partial charge on any atom is 0.411 e. The summed E-state index contributed by atoms with van der Waals surface area (Å²) in [5, 5.41) is 10.4. The lowest BCUT2D eigenvalue weighted by Crippen LogP contribution is -2.32. The van der Waals surface area contributed by atoms with E-state index < -0.39 is 12.0 Å². The van der Waals surface area contributed by atoms with Crippen LogP contribution in [0, 0.1) is 0 Å². The van der Waals surface area contributed by atoms with Crippen molar-refractivity contribution in [3.8, 4) is 0 Å². The predicted octanol–water partition coefficient (Wildman–Crippen LogP) is 2.27. The lowest BCUT2D eigenvalue weighted by molar-refractivity contribution is -0.121. The molecule has 0 unspecified atom stereocenters. The summed E-state index contributed by atoms with van der Waals surface area (Å²) in [5.41, 5.74) is 2.04. The fourth-order valence-corrected chi connectivity index (χ4v) is 2.46. The van der Waals surface area contributed by atoms with Crippen molar-refractivity contribution >= 4 is 27.9 Å². The van der Waals surface area contributed by atoms with Gasteiger partial charge in [0.15, 0.2) is 0 Å². The van der Waals surface area contributed by atoms with Crippen molar-refractivity contribution in [3.63, 3.8) is 0 Å². The van der Waals surface area contributed by atoms with Crippen molar-refractivity contribution in [2.75, 3.05) is 0 Å². The number of aryl methyl sites for hydroxylation is 1. The Hall–Kier alpha value is -1.36. The van der Waals surface area contributed by atoms with Crippen LogP contribution in [0.5, 0.6) is 0 Å². The highest BCUT2D eigenvalue weighted by atomic mass is 79.9. The molecule has 5 heteroatoms. The van der Waals surface area contributed by atoms with Crippen molar-refractivity contribution < 1.29 is 14.7 Å². The van der Waals surface area contributed by atoms with Crippen LogP contribution in [0.25, 0.3) is 0 Å². The van der Waals surface area contributed by atoms with Gasteiger partial charge in [0.2, 0.25) is 5.91 Å². The second-order valence-electron chi connectivity index (χ2n) is 3.73. The Labute approximate surface area is 101 Å². The van der Waals surface area contributed by atoms with E-state index in [-0.39, 0.29) is 5.92 Å². The van der Waals surface area contributed by atoms with Gasteiger partial charge in [-0.05, 0) is 36.1 Å². The summed E-state index contributed by atoms with van der Waals surface area (Å²) < 4.78 is 0.977. The fourth-order valence-electron chi connectivity index (χ4n) is 2.05. The summed E-state index contributed by atoms with van der Waals surface area (Å²) in [5.74, 6) is -0.771. The number of carbonyl (C=O) groups excluding carboxylic acids is 1. The minimum absolute atomic E-state index is 0.334. The second-order valence-corrected chi connectivity index (χ2v) is 4.64. The third-order valence-electron chi connectivity index (χ3n) is 2.73. The Bertz CT molecular complexity index is 459. The van der Waals surface area contributed by atoms with Gasteiger partial charge in [-0.3, -0.25) is 10.1 Å². The number of imide groups is 1. The number of rotatable bonds is 1. The van der Waals surface area contributed by atoms with E-state index in [0.717, 1.165) is 22.0 Å². The van der Waals surface area contributed by atoms with E-state index in [1.807, 2.05) is 23.5 Å². The van der Waals surface area contributed by atoms with Crippen LogP contribution in [0.3, 0.4) is 0 Å². The average molecular weight is 284 g/mol. The average Bonchev–Trinajstić information content (AvgIpc) is 2.59. The Morgan fingerprint density at radius 1 is 1.44 bits per heavy atom. The summed E-state index contributed by atoms with van der Waals surface area (Å²) in [6.07, 6.45) is 0.188. The largest absolute Gasteiger partial charge is 0.465 e. The number of benzene rings is 1. The van der Waals surface area contributed by atoms with E-state index >= 15 is 0 Å². The molecule has 0 spiro atoms. The molecule has 1 aliphatic carbocycles. The Morgan fingerprint density at radius 3 is 2.88 bits per heavy atom. The topological polar surface area (TPSA) is 66.4 Å². The van der Waals surface area contributed by atoms with E-state index in [9.17, 15) is 9.59 Å². The van der Waals surface area contributed by atoms with Crippen LogP contribution < -0.4 is 5.32 Å².